The zero-order valence-electron chi connectivity index (χ0n) is 16.6. The smallest absolute Gasteiger partial charge is 0.279 e. The highest BCUT2D eigenvalue weighted by Gasteiger charge is 2.24. The minimum absolute atomic E-state index is 0.0474. The molecule has 3 rings (SSSR count). The van der Waals surface area contributed by atoms with Crippen LogP contribution in [0.5, 0.6) is 11.5 Å². The maximum atomic E-state index is 12.5. The lowest BCUT2D eigenvalue weighted by atomic mass is 9.99. The highest BCUT2D eigenvalue weighted by molar-refractivity contribution is 5.91. The molecule has 0 spiro atoms. The van der Waals surface area contributed by atoms with Gasteiger partial charge in [-0.25, -0.2) is 0 Å². The van der Waals surface area contributed by atoms with Crippen LogP contribution in [0.4, 0.5) is 5.69 Å². The summed E-state index contributed by atoms with van der Waals surface area (Å²) in [7, 11) is 3.30. The number of ether oxygens (including phenoxy) is 2. The van der Waals surface area contributed by atoms with E-state index in [2.05, 4.69) is 37.4 Å². The van der Waals surface area contributed by atoms with E-state index < -0.39 is 0 Å². The number of anilines is 1. The average molecular weight is 369 g/mol. The molecule has 2 N–H and O–H groups in total. The average Bonchev–Trinajstić information content (AvgIpc) is 2.67. The molecule has 27 heavy (non-hydrogen) atoms. The van der Waals surface area contributed by atoms with Crippen molar-refractivity contribution in [1.82, 2.24) is 0 Å². The molecule has 2 aromatic carbocycles. The highest BCUT2D eigenvalue weighted by atomic mass is 16.5. The van der Waals surface area contributed by atoms with Crippen molar-refractivity contribution in [3.8, 4) is 11.5 Å². The largest absolute Gasteiger partial charge is 0.493 e. The van der Waals surface area contributed by atoms with Crippen molar-refractivity contribution in [2.24, 2.45) is 0 Å². The summed E-state index contributed by atoms with van der Waals surface area (Å²) in [5, 5.41) is 3.02. The van der Waals surface area contributed by atoms with Crippen LogP contribution in [0.2, 0.25) is 0 Å². The molecule has 1 unspecified atom stereocenters. The van der Waals surface area contributed by atoms with Gasteiger partial charge in [0.2, 0.25) is 0 Å². The van der Waals surface area contributed by atoms with Gasteiger partial charge in [0.15, 0.2) is 18.0 Å². The SMILES string of the molecule is COc1cc2c(cc1OC)C[NH+](CC(=O)Nc1ccc(C(C)C)cc1)CC2. The maximum absolute atomic E-state index is 12.5. The summed E-state index contributed by atoms with van der Waals surface area (Å²) in [6, 6.07) is 12.2. The first kappa shape index (κ1) is 19.2. The number of amides is 1. The zero-order valence-corrected chi connectivity index (χ0v) is 16.6. The number of methoxy groups -OCH3 is 2. The fourth-order valence-corrected chi connectivity index (χ4v) is 3.56. The number of nitrogens with one attached hydrogen (secondary N) is 2. The Morgan fingerprint density at radius 1 is 1.07 bits per heavy atom. The van der Waals surface area contributed by atoms with Crippen LogP contribution in [-0.4, -0.2) is 33.2 Å². The van der Waals surface area contributed by atoms with E-state index in [1.165, 1.54) is 21.6 Å². The van der Waals surface area contributed by atoms with Gasteiger partial charge in [-0.3, -0.25) is 4.79 Å². The minimum Gasteiger partial charge on any atom is -0.493 e. The van der Waals surface area contributed by atoms with Crippen LogP contribution in [0.15, 0.2) is 36.4 Å². The predicted octanol–water partition coefficient (Wildman–Crippen LogP) is 2.41. The molecule has 0 aromatic heterocycles. The number of quaternary nitrogens is 1. The summed E-state index contributed by atoms with van der Waals surface area (Å²) < 4.78 is 10.8. The third-order valence-corrected chi connectivity index (χ3v) is 5.17. The van der Waals surface area contributed by atoms with Crippen molar-refractivity contribution in [3.63, 3.8) is 0 Å². The molecule has 1 heterocycles. The molecule has 2 aromatic rings. The van der Waals surface area contributed by atoms with Gasteiger partial charge in [-0.15, -0.1) is 0 Å². The Bertz CT molecular complexity index is 800. The number of hydrogen-bond acceptors (Lipinski definition) is 3. The first-order valence-corrected chi connectivity index (χ1v) is 9.47. The fourth-order valence-electron chi connectivity index (χ4n) is 3.56. The number of carbonyl (C=O) groups excluding carboxylic acids is 1. The van der Waals surface area contributed by atoms with Gasteiger partial charge in [-0.1, -0.05) is 26.0 Å². The van der Waals surface area contributed by atoms with Crippen molar-refractivity contribution in [2.45, 2.75) is 32.7 Å². The number of rotatable bonds is 6. The monoisotopic (exact) mass is 369 g/mol. The van der Waals surface area contributed by atoms with E-state index in [1.54, 1.807) is 14.2 Å². The summed E-state index contributed by atoms with van der Waals surface area (Å²) >= 11 is 0. The van der Waals surface area contributed by atoms with Crippen LogP contribution in [0.25, 0.3) is 0 Å². The molecule has 1 aliphatic heterocycles. The molecule has 0 radical (unpaired) electrons. The molecule has 1 amide bonds. The number of carbonyl (C=O) groups is 1. The van der Waals surface area contributed by atoms with Gasteiger partial charge >= 0.3 is 0 Å². The van der Waals surface area contributed by atoms with E-state index in [1.807, 2.05) is 18.2 Å². The minimum atomic E-state index is 0.0474. The Kier molecular flexibility index (Phi) is 6.01. The molecule has 0 saturated carbocycles. The zero-order chi connectivity index (χ0) is 19.4. The van der Waals surface area contributed by atoms with Gasteiger partial charge in [0.25, 0.3) is 5.91 Å². The molecule has 0 bridgehead atoms. The van der Waals surface area contributed by atoms with Gasteiger partial charge in [-0.2, -0.15) is 0 Å². The van der Waals surface area contributed by atoms with E-state index in [-0.39, 0.29) is 5.91 Å². The molecule has 0 fully saturated rings. The van der Waals surface area contributed by atoms with Crippen LogP contribution >= 0.6 is 0 Å². The van der Waals surface area contributed by atoms with Gasteiger partial charge in [0, 0.05) is 17.7 Å². The molecule has 1 aliphatic rings. The third kappa shape index (κ3) is 4.61. The summed E-state index contributed by atoms with van der Waals surface area (Å²) in [6.07, 6.45) is 0.932. The van der Waals surface area contributed by atoms with E-state index >= 15 is 0 Å². The van der Waals surface area contributed by atoms with Crippen molar-refractivity contribution in [2.75, 3.05) is 32.6 Å². The second-order valence-electron chi connectivity index (χ2n) is 7.40. The Morgan fingerprint density at radius 2 is 1.70 bits per heavy atom. The van der Waals surface area contributed by atoms with Crippen LogP contribution in [-0.2, 0) is 17.8 Å². The Balaban J connectivity index is 1.61. The van der Waals surface area contributed by atoms with Crippen molar-refractivity contribution >= 4 is 11.6 Å². The van der Waals surface area contributed by atoms with Gasteiger partial charge < -0.3 is 19.7 Å². The van der Waals surface area contributed by atoms with Crippen LogP contribution in [0.1, 0.15) is 36.5 Å². The van der Waals surface area contributed by atoms with Crippen molar-refractivity contribution < 1.29 is 19.2 Å². The summed E-state index contributed by atoms with van der Waals surface area (Å²) in [6.45, 7) is 6.53. The molecule has 0 saturated heterocycles. The Morgan fingerprint density at radius 3 is 2.30 bits per heavy atom. The van der Waals surface area contributed by atoms with Gasteiger partial charge in [-0.05, 0) is 41.3 Å². The van der Waals surface area contributed by atoms with Crippen molar-refractivity contribution in [1.29, 1.82) is 0 Å². The lowest BCUT2D eigenvalue weighted by Gasteiger charge is -2.26. The molecule has 5 nitrogen and oxygen atoms in total. The predicted molar refractivity (Wildman–Crippen MR) is 107 cm³/mol. The van der Waals surface area contributed by atoms with E-state index in [9.17, 15) is 4.79 Å². The number of benzene rings is 2. The first-order valence-electron chi connectivity index (χ1n) is 9.47. The summed E-state index contributed by atoms with van der Waals surface area (Å²) in [5.41, 5.74) is 4.63. The highest BCUT2D eigenvalue weighted by Crippen LogP contribution is 2.31. The topological polar surface area (TPSA) is 52.0 Å². The molecule has 5 heteroatoms. The standard InChI is InChI=1S/C22H28N2O3/c1-15(2)16-5-7-19(8-6-16)23-22(25)14-24-10-9-17-11-20(26-3)21(27-4)12-18(17)13-24/h5-8,11-12,15H,9-10,13-14H2,1-4H3,(H,23,25)/p+1. The second-order valence-corrected chi connectivity index (χ2v) is 7.40. The van der Waals surface area contributed by atoms with Crippen LogP contribution < -0.4 is 19.7 Å². The molecule has 0 aliphatic carbocycles. The number of hydrogen-bond donors (Lipinski definition) is 2. The maximum Gasteiger partial charge on any atom is 0.279 e. The lowest BCUT2D eigenvalue weighted by molar-refractivity contribution is -0.907. The Labute approximate surface area is 161 Å². The van der Waals surface area contributed by atoms with Crippen LogP contribution in [0, 0.1) is 0 Å². The molecule has 1 atom stereocenters. The van der Waals surface area contributed by atoms with Crippen molar-refractivity contribution in [3.05, 3.63) is 53.1 Å². The van der Waals surface area contributed by atoms with E-state index in [0.717, 1.165) is 36.7 Å². The number of fused-ring (bicyclic) bond motifs is 1. The molecular formula is C22H29N2O3+. The lowest BCUT2D eigenvalue weighted by Crippen LogP contribution is -3.12. The summed E-state index contributed by atoms with van der Waals surface area (Å²) in [5.74, 6) is 2.05. The van der Waals surface area contributed by atoms with Crippen LogP contribution in [0.3, 0.4) is 0 Å². The summed E-state index contributed by atoms with van der Waals surface area (Å²) in [4.78, 5) is 13.7. The fraction of sp³-hybridized carbons (Fsp3) is 0.409. The first-order chi connectivity index (χ1) is 13.0. The second kappa shape index (κ2) is 8.44. The van der Waals surface area contributed by atoms with Gasteiger partial charge in [0.05, 0.1) is 20.8 Å². The molecule has 144 valence electrons. The molecular weight excluding hydrogens is 340 g/mol. The normalized spacial score (nSPS) is 16.0. The van der Waals surface area contributed by atoms with E-state index in [0.29, 0.717) is 12.5 Å². The third-order valence-electron chi connectivity index (χ3n) is 5.17. The Hall–Kier alpha value is -2.53. The quantitative estimate of drug-likeness (QED) is 0.822. The van der Waals surface area contributed by atoms with Gasteiger partial charge in [0.1, 0.15) is 6.54 Å². The van der Waals surface area contributed by atoms with E-state index in [4.69, 9.17) is 9.47 Å².